The van der Waals surface area contributed by atoms with Crippen LogP contribution in [-0.2, 0) is 10.0 Å². The smallest absolute Gasteiger partial charge is 0.252 e. The Morgan fingerprint density at radius 3 is 2.34 bits per heavy atom. The van der Waals surface area contributed by atoms with Gasteiger partial charge in [-0.15, -0.1) is 21.5 Å². The zero-order valence-electron chi connectivity index (χ0n) is 16.3. The number of anilines is 1. The Kier molecular flexibility index (Phi) is 5.53. The number of sulfonamides is 1. The average molecular weight is 431 g/mol. The number of hydrogen-bond donors (Lipinski definition) is 0. The Morgan fingerprint density at radius 1 is 0.966 bits per heavy atom. The molecule has 3 heterocycles. The summed E-state index contributed by atoms with van der Waals surface area (Å²) in [6, 6.07) is 15.0. The number of hydrogen-bond acceptors (Lipinski definition) is 7. The molecule has 0 saturated carbocycles. The van der Waals surface area contributed by atoms with Crippen molar-refractivity contribution in [2.45, 2.75) is 11.1 Å². The van der Waals surface area contributed by atoms with Gasteiger partial charge < -0.3 is 9.64 Å². The predicted molar refractivity (Wildman–Crippen MR) is 114 cm³/mol. The molecule has 0 radical (unpaired) electrons. The molecule has 1 aromatic carbocycles. The van der Waals surface area contributed by atoms with Gasteiger partial charge in [0.15, 0.2) is 5.82 Å². The fourth-order valence-corrected chi connectivity index (χ4v) is 6.19. The third-order valence-corrected chi connectivity index (χ3v) is 8.27. The molecule has 0 N–H and O–H groups in total. The van der Waals surface area contributed by atoms with Gasteiger partial charge >= 0.3 is 0 Å². The maximum Gasteiger partial charge on any atom is 0.252 e. The quantitative estimate of drug-likeness (QED) is 0.619. The van der Waals surface area contributed by atoms with Crippen LogP contribution in [0.3, 0.4) is 0 Å². The van der Waals surface area contributed by atoms with Crippen LogP contribution < -0.4 is 9.64 Å². The zero-order chi connectivity index (χ0) is 20.4. The first-order chi connectivity index (χ1) is 14.0. The minimum absolute atomic E-state index is 0.407. The van der Waals surface area contributed by atoms with Crippen LogP contribution in [-0.4, -0.2) is 56.2 Å². The van der Waals surface area contributed by atoms with Crippen LogP contribution in [0.25, 0.3) is 11.3 Å². The number of piperazine rings is 1. The van der Waals surface area contributed by atoms with E-state index in [1.807, 2.05) is 49.4 Å². The summed E-state index contributed by atoms with van der Waals surface area (Å²) >= 11 is 1.31. The maximum absolute atomic E-state index is 12.8. The molecule has 29 heavy (non-hydrogen) atoms. The van der Waals surface area contributed by atoms with Gasteiger partial charge in [0.2, 0.25) is 0 Å². The lowest BCUT2D eigenvalue weighted by atomic mass is 10.1. The van der Waals surface area contributed by atoms with E-state index in [9.17, 15) is 8.42 Å². The summed E-state index contributed by atoms with van der Waals surface area (Å²) in [6.07, 6.45) is 0. The van der Waals surface area contributed by atoms with E-state index in [1.165, 1.54) is 11.3 Å². The van der Waals surface area contributed by atoms with Gasteiger partial charge in [0, 0.05) is 36.6 Å². The highest BCUT2D eigenvalue weighted by atomic mass is 32.2. The van der Waals surface area contributed by atoms with Crippen molar-refractivity contribution in [1.29, 1.82) is 0 Å². The number of ether oxygens (including phenoxy) is 1. The number of para-hydroxylation sites is 1. The van der Waals surface area contributed by atoms with Crippen molar-refractivity contribution < 1.29 is 13.2 Å². The molecule has 0 bridgehead atoms. The Labute approximate surface area is 174 Å². The maximum atomic E-state index is 12.8. The van der Waals surface area contributed by atoms with Crippen molar-refractivity contribution in [2.75, 3.05) is 38.2 Å². The minimum Gasteiger partial charge on any atom is -0.496 e. The molecule has 3 aromatic rings. The highest BCUT2D eigenvalue weighted by Gasteiger charge is 2.30. The SMILES string of the molecule is COc1ccccc1-c1ccc(N2CCN(S(=O)(=O)c3ccc(C)s3)CC2)nn1. The predicted octanol–water partition coefficient (Wildman–Crippen LogP) is 3.03. The van der Waals surface area contributed by atoms with Crippen molar-refractivity contribution in [2.24, 2.45) is 0 Å². The number of benzene rings is 1. The largest absolute Gasteiger partial charge is 0.496 e. The van der Waals surface area contributed by atoms with E-state index in [-0.39, 0.29) is 0 Å². The van der Waals surface area contributed by atoms with Gasteiger partial charge in [0.1, 0.15) is 9.96 Å². The highest BCUT2D eigenvalue weighted by molar-refractivity contribution is 7.91. The lowest BCUT2D eigenvalue weighted by molar-refractivity contribution is 0.384. The molecule has 1 aliphatic rings. The first-order valence-corrected chi connectivity index (χ1v) is 11.5. The fourth-order valence-electron chi connectivity index (χ4n) is 3.33. The minimum atomic E-state index is -3.42. The zero-order valence-corrected chi connectivity index (χ0v) is 17.9. The van der Waals surface area contributed by atoms with Crippen molar-refractivity contribution >= 4 is 27.2 Å². The van der Waals surface area contributed by atoms with Crippen molar-refractivity contribution in [3.05, 3.63) is 53.4 Å². The lowest BCUT2D eigenvalue weighted by Crippen LogP contribution is -2.48. The molecular formula is C20H22N4O3S2. The molecule has 0 unspecified atom stereocenters. The number of methoxy groups -OCH3 is 1. The Morgan fingerprint density at radius 2 is 1.72 bits per heavy atom. The van der Waals surface area contributed by atoms with Gasteiger partial charge in [-0.25, -0.2) is 8.42 Å². The Balaban J connectivity index is 1.45. The summed E-state index contributed by atoms with van der Waals surface area (Å²) in [4.78, 5) is 3.05. The summed E-state index contributed by atoms with van der Waals surface area (Å²) in [5, 5.41) is 8.71. The van der Waals surface area contributed by atoms with Gasteiger partial charge in [-0.2, -0.15) is 4.31 Å². The van der Waals surface area contributed by atoms with Crippen LogP contribution in [0.4, 0.5) is 5.82 Å². The summed E-state index contributed by atoms with van der Waals surface area (Å²) in [6.45, 7) is 3.91. The van der Waals surface area contributed by atoms with Crippen molar-refractivity contribution in [3.63, 3.8) is 0 Å². The standard InChI is InChI=1S/C20H22N4O3S2/c1-15-7-10-20(28-15)29(25,26)24-13-11-23(12-14-24)19-9-8-17(21-22-19)16-5-3-4-6-18(16)27-2/h3-10H,11-14H2,1-2H3. The molecule has 0 aliphatic carbocycles. The van der Waals surface area contributed by atoms with Crippen LogP contribution >= 0.6 is 11.3 Å². The van der Waals surface area contributed by atoms with Crippen LogP contribution in [0, 0.1) is 6.92 Å². The fraction of sp³-hybridized carbons (Fsp3) is 0.300. The van der Waals surface area contributed by atoms with Crippen molar-refractivity contribution in [1.82, 2.24) is 14.5 Å². The van der Waals surface area contributed by atoms with Crippen LogP contribution in [0.1, 0.15) is 4.88 Å². The second-order valence-corrected chi connectivity index (χ2v) is 10.2. The number of nitrogens with zero attached hydrogens (tertiary/aromatic N) is 4. The van der Waals surface area contributed by atoms with Crippen LogP contribution in [0.15, 0.2) is 52.7 Å². The number of rotatable bonds is 5. The van der Waals surface area contributed by atoms with Gasteiger partial charge in [-0.05, 0) is 43.3 Å². The van der Waals surface area contributed by atoms with E-state index in [0.717, 1.165) is 27.7 Å². The third-order valence-electron chi connectivity index (χ3n) is 4.91. The molecule has 7 nitrogen and oxygen atoms in total. The van der Waals surface area contributed by atoms with Gasteiger partial charge in [0.25, 0.3) is 10.0 Å². The van der Waals surface area contributed by atoms with E-state index >= 15 is 0 Å². The second kappa shape index (κ2) is 8.10. The Bertz CT molecular complexity index is 1090. The number of thiophene rings is 1. The van der Waals surface area contributed by atoms with Gasteiger partial charge in [-0.1, -0.05) is 12.1 Å². The molecule has 9 heteroatoms. The molecule has 1 fully saturated rings. The molecule has 0 amide bonds. The second-order valence-electron chi connectivity index (χ2n) is 6.73. The Hall–Kier alpha value is -2.49. The summed E-state index contributed by atoms with van der Waals surface area (Å²) in [5.74, 6) is 1.49. The highest BCUT2D eigenvalue weighted by Crippen LogP contribution is 2.29. The van der Waals surface area contributed by atoms with Gasteiger partial charge in [-0.3, -0.25) is 0 Å². The van der Waals surface area contributed by atoms with E-state index in [2.05, 4.69) is 15.1 Å². The molecule has 1 aliphatic heterocycles. The molecular weight excluding hydrogens is 408 g/mol. The normalized spacial score (nSPS) is 15.4. The molecule has 0 spiro atoms. The average Bonchev–Trinajstić information content (AvgIpc) is 3.21. The van der Waals surface area contributed by atoms with E-state index < -0.39 is 10.0 Å². The lowest BCUT2D eigenvalue weighted by Gasteiger charge is -2.34. The van der Waals surface area contributed by atoms with E-state index in [0.29, 0.717) is 30.4 Å². The topological polar surface area (TPSA) is 75.6 Å². The van der Waals surface area contributed by atoms with E-state index in [4.69, 9.17) is 4.74 Å². The monoisotopic (exact) mass is 430 g/mol. The van der Waals surface area contributed by atoms with Crippen LogP contribution in [0.2, 0.25) is 0 Å². The number of aromatic nitrogens is 2. The third kappa shape index (κ3) is 3.98. The van der Waals surface area contributed by atoms with Gasteiger partial charge in [0.05, 0.1) is 12.8 Å². The number of aryl methyl sites for hydroxylation is 1. The molecule has 152 valence electrons. The van der Waals surface area contributed by atoms with Crippen molar-refractivity contribution in [3.8, 4) is 17.0 Å². The summed E-state index contributed by atoms with van der Waals surface area (Å²) in [5.41, 5.74) is 1.62. The first-order valence-electron chi connectivity index (χ1n) is 9.28. The molecule has 2 aromatic heterocycles. The summed E-state index contributed by atoms with van der Waals surface area (Å²) in [7, 11) is -1.79. The molecule has 4 rings (SSSR count). The molecule has 1 saturated heterocycles. The van der Waals surface area contributed by atoms with E-state index in [1.54, 1.807) is 17.5 Å². The molecule has 0 atom stereocenters. The van der Waals surface area contributed by atoms with Crippen LogP contribution in [0.5, 0.6) is 5.75 Å². The first kappa shape index (κ1) is 19.8. The summed E-state index contributed by atoms with van der Waals surface area (Å²) < 4.78 is 32.9.